The molecule has 0 aromatic carbocycles. The molecule has 116 valence electrons. The highest BCUT2D eigenvalue weighted by Crippen LogP contribution is 2.14. The van der Waals surface area contributed by atoms with Crippen LogP contribution in [0.1, 0.15) is 13.3 Å². The number of carboxylic acid groups (broad SMARTS) is 1. The molecule has 2 unspecified atom stereocenters. The molecule has 1 aliphatic rings. The summed E-state index contributed by atoms with van der Waals surface area (Å²) in [6, 6.07) is -0.658. The van der Waals surface area contributed by atoms with Gasteiger partial charge >= 0.3 is 12.0 Å². The number of carbonyl (C=O) groups is 2. The number of urea groups is 1. The molecule has 7 heteroatoms. The number of hydrogen-bond donors (Lipinski definition) is 2. The third-order valence-corrected chi connectivity index (χ3v) is 3.30. The Kier molecular flexibility index (Phi) is 6.74. The standard InChI is InChI=1S/C13H25N3O4/c1-4-5-16(7-6-15(2)3)13(19)14-11-9-20-8-10(11)12(17)18/h10-11H,4-9H2,1-3H3,(H,14,19)(H,17,18). The molecule has 0 aromatic heterocycles. The van der Waals surface area contributed by atoms with Crippen molar-refractivity contribution in [1.29, 1.82) is 0 Å². The van der Waals surface area contributed by atoms with Crippen LogP contribution < -0.4 is 5.32 Å². The van der Waals surface area contributed by atoms with E-state index in [1.54, 1.807) is 4.90 Å². The maximum Gasteiger partial charge on any atom is 0.317 e. The average Bonchev–Trinajstić information content (AvgIpc) is 2.82. The Hall–Kier alpha value is -1.34. The van der Waals surface area contributed by atoms with Gasteiger partial charge in [-0.2, -0.15) is 0 Å². The second kappa shape index (κ2) is 8.06. The van der Waals surface area contributed by atoms with E-state index in [4.69, 9.17) is 9.84 Å². The fourth-order valence-electron chi connectivity index (χ4n) is 2.10. The van der Waals surface area contributed by atoms with E-state index in [1.165, 1.54) is 0 Å². The summed E-state index contributed by atoms with van der Waals surface area (Å²) in [4.78, 5) is 27.0. The van der Waals surface area contributed by atoms with Crippen LogP contribution in [0.2, 0.25) is 0 Å². The molecule has 0 aromatic rings. The molecule has 2 atom stereocenters. The normalized spacial score (nSPS) is 22.0. The maximum absolute atomic E-state index is 12.2. The molecule has 2 amide bonds. The lowest BCUT2D eigenvalue weighted by molar-refractivity contribution is -0.142. The summed E-state index contributed by atoms with van der Waals surface area (Å²) in [7, 11) is 3.90. The largest absolute Gasteiger partial charge is 0.481 e. The van der Waals surface area contributed by atoms with Gasteiger partial charge in [-0.3, -0.25) is 4.79 Å². The first-order valence-electron chi connectivity index (χ1n) is 6.96. The number of hydrogen-bond acceptors (Lipinski definition) is 4. The van der Waals surface area contributed by atoms with Crippen molar-refractivity contribution in [2.24, 2.45) is 5.92 Å². The first kappa shape index (κ1) is 16.7. The Morgan fingerprint density at radius 2 is 1.95 bits per heavy atom. The van der Waals surface area contributed by atoms with Crippen molar-refractivity contribution in [3.8, 4) is 0 Å². The zero-order valence-corrected chi connectivity index (χ0v) is 12.5. The number of nitrogens with one attached hydrogen (secondary N) is 1. The van der Waals surface area contributed by atoms with Crippen molar-refractivity contribution in [3.05, 3.63) is 0 Å². The minimum atomic E-state index is -0.928. The Labute approximate surface area is 119 Å². The van der Waals surface area contributed by atoms with E-state index in [-0.39, 0.29) is 19.2 Å². The van der Waals surface area contributed by atoms with Crippen molar-refractivity contribution in [1.82, 2.24) is 15.1 Å². The van der Waals surface area contributed by atoms with Crippen molar-refractivity contribution >= 4 is 12.0 Å². The van der Waals surface area contributed by atoms with Gasteiger partial charge in [-0.25, -0.2) is 4.79 Å². The molecular formula is C13H25N3O4. The van der Waals surface area contributed by atoms with Gasteiger partial charge in [0.25, 0.3) is 0 Å². The average molecular weight is 287 g/mol. The molecule has 1 aliphatic heterocycles. The van der Waals surface area contributed by atoms with Crippen molar-refractivity contribution in [2.75, 3.05) is 46.9 Å². The number of nitrogens with zero attached hydrogens (tertiary/aromatic N) is 2. The number of carbonyl (C=O) groups excluding carboxylic acids is 1. The number of rotatable bonds is 7. The summed E-state index contributed by atoms with van der Waals surface area (Å²) in [5, 5.41) is 11.8. The molecule has 0 bridgehead atoms. The second-order valence-electron chi connectivity index (χ2n) is 5.33. The maximum atomic E-state index is 12.2. The van der Waals surface area contributed by atoms with Crippen LogP contribution in [-0.2, 0) is 9.53 Å². The summed E-state index contributed by atoms with van der Waals surface area (Å²) >= 11 is 0. The van der Waals surface area contributed by atoms with Gasteiger partial charge in [-0.05, 0) is 20.5 Å². The van der Waals surface area contributed by atoms with E-state index >= 15 is 0 Å². The molecular weight excluding hydrogens is 262 g/mol. The van der Waals surface area contributed by atoms with Crippen LogP contribution in [0.25, 0.3) is 0 Å². The molecule has 20 heavy (non-hydrogen) atoms. The van der Waals surface area contributed by atoms with Gasteiger partial charge in [-0.1, -0.05) is 6.92 Å². The second-order valence-corrected chi connectivity index (χ2v) is 5.33. The first-order chi connectivity index (χ1) is 9.45. The van der Waals surface area contributed by atoms with Crippen LogP contribution in [0.4, 0.5) is 4.79 Å². The molecule has 2 N–H and O–H groups in total. The van der Waals surface area contributed by atoms with Gasteiger partial charge in [0, 0.05) is 19.6 Å². The number of likely N-dealkylation sites (N-methyl/N-ethyl adjacent to an activating group) is 1. The SMILES string of the molecule is CCCN(CCN(C)C)C(=O)NC1COCC1C(=O)O. The molecule has 0 radical (unpaired) electrons. The van der Waals surface area contributed by atoms with Gasteiger partial charge in [0.15, 0.2) is 0 Å². The molecule has 0 saturated carbocycles. The van der Waals surface area contributed by atoms with Crippen LogP contribution in [0.5, 0.6) is 0 Å². The van der Waals surface area contributed by atoms with Crippen LogP contribution in [0.3, 0.4) is 0 Å². The molecule has 1 saturated heterocycles. The Balaban J connectivity index is 2.54. The van der Waals surface area contributed by atoms with Crippen molar-refractivity contribution in [2.45, 2.75) is 19.4 Å². The third-order valence-electron chi connectivity index (χ3n) is 3.30. The minimum Gasteiger partial charge on any atom is -0.481 e. The summed E-state index contributed by atoms with van der Waals surface area (Å²) in [6.07, 6.45) is 0.865. The lowest BCUT2D eigenvalue weighted by atomic mass is 10.0. The summed E-state index contributed by atoms with van der Waals surface area (Å²) in [6.45, 7) is 4.48. The van der Waals surface area contributed by atoms with Gasteiger partial charge in [0.1, 0.15) is 5.92 Å². The van der Waals surface area contributed by atoms with Crippen LogP contribution in [0, 0.1) is 5.92 Å². The Morgan fingerprint density at radius 3 is 2.50 bits per heavy atom. The summed E-state index contributed by atoms with van der Waals surface area (Å²) in [5.74, 6) is -1.58. The molecule has 1 fully saturated rings. The van der Waals surface area contributed by atoms with Gasteiger partial charge in [-0.15, -0.1) is 0 Å². The highest BCUT2D eigenvalue weighted by Gasteiger charge is 2.35. The lowest BCUT2D eigenvalue weighted by Gasteiger charge is -2.26. The van der Waals surface area contributed by atoms with Gasteiger partial charge in [0.05, 0.1) is 19.3 Å². The van der Waals surface area contributed by atoms with Crippen LogP contribution in [-0.4, -0.2) is 79.9 Å². The van der Waals surface area contributed by atoms with Crippen molar-refractivity contribution in [3.63, 3.8) is 0 Å². The predicted octanol–water partition coefficient (Wildman–Crippen LogP) is 0.0692. The number of aliphatic carboxylic acids is 1. The van der Waals surface area contributed by atoms with E-state index in [1.807, 2.05) is 25.9 Å². The highest BCUT2D eigenvalue weighted by atomic mass is 16.5. The van der Waals surface area contributed by atoms with E-state index in [2.05, 4.69) is 5.32 Å². The number of ether oxygens (including phenoxy) is 1. The molecule has 7 nitrogen and oxygen atoms in total. The zero-order valence-electron chi connectivity index (χ0n) is 12.5. The quantitative estimate of drug-likeness (QED) is 0.692. The molecule has 0 aliphatic carbocycles. The summed E-state index contributed by atoms with van der Waals surface area (Å²) in [5.41, 5.74) is 0. The highest BCUT2D eigenvalue weighted by molar-refractivity contribution is 5.77. The van der Waals surface area contributed by atoms with Gasteiger partial charge < -0.3 is 25.0 Å². The smallest absolute Gasteiger partial charge is 0.317 e. The van der Waals surface area contributed by atoms with E-state index in [0.717, 1.165) is 13.0 Å². The zero-order chi connectivity index (χ0) is 15.1. The predicted molar refractivity (Wildman–Crippen MR) is 74.7 cm³/mol. The van der Waals surface area contributed by atoms with E-state index in [0.29, 0.717) is 13.1 Å². The Morgan fingerprint density at radius 1 is 1.25 bits per heavy atom. The number of carboxylic acids is 1. The Bertz CT molecular complexity index is 336. The fourth-order valence-corrected chi connectivity index (χ4v) is 2.10. The first-order valence-corrected chi connectivity index (χ1v) is 6.96. The van der Waals surface area contributed by atoms with Crippen LogP contribution >= 0.6 is 0 Å². The molecule has 1 heterocycles. The van der Waals surface area contributed by atoms with Crippen LogP contribution in [0.15, 0.2) is 0 Å². The number of amides is 2. The minimum absolute atomic E-state index is 0.158. The van der Waals surface area contributed by atoms with Crippen molar-refractivity contribution < 1.29 is 19.4 Å². The topological polar surface area (TPSA) is 82.1 Å². The monoisotopic (exact) mass is 287 g/mol. The fraction of sp³-hybridized carbons (Fsp3) is 0.846. The molecule has 0 spiro atoms. The van der Waals surface area contributed by atoms with Gasteiger partial charge in [0.2, 0.25) is 0 Å². The lowest BCUT2D eigenvalue weighted by Crippen LogP contribution is -2.50. The summed E-state index contributed by atoms with van der Waals surface area (Å²) < 4.78 is 5.15. The van der Waals surface area contributed by atoms with E-state index in [9.17, 15) is 9.59 Å². The molecule has 1 rings (SSSR count). The van der Waals surface area contributed by atoms with E-state index < -0.39 is 17.9 Å². The third kappa shape index (κ3) is 4.97.